The lowest BCUT2D eigenvalue weighted by atomic mass is 10.4. The normalized spacial score (nSPS) is 10.9. The van der Waals surface area contributed by atoms with Gasteiger partial charge in [0, 0.05) is 19.3 Å². The van der Waals surface area contributed by atoms with Gasteiger partial charge in [0.25, 0.3) is 0 Å². The molecule has 15 heavy (non-hydrogen) atoms. The van der Waals surface area contributed by atoms with E-state index >= 15 is 0 Å². The number of aryl methyl sites for hydroxylation is 1. The van der Waals surface area contributed by atoms with E-state index in [1.165, 1.54) is 0 Å². The fourth-order valence-electron chi connectivity index (χ4n) is 1.46. The molecule has 0 aliphatic heterocycles. The van der Waals surface area contributed by atoms with Crippen LogP contribution in [0.4, 0.5) is 0 Å². The fraction of sp³-hybridized carbons (Fsp3) is 0.600. The van der Waals surface area contributed by atoms with Crippen LogP contribution < -0.4 is 0 Å². The van der Waals surface area contributed by atoms with Gasteiger partial charge >= 0.3 is 5.97 Å². The zero-order valence-corrected chi connectivity index (χ0v) is 9.18. The molecule has 0 radical (unpaired) electrons. The van der Waals surface area contributed by atoms with Gasteiger partial charge in [0.2, 0.25) is 0 Å². The lowest BCUT2D eigenvalue weighted by Gasteiger charge is -2.18. The molecule has 5 nitrogen and oxygen atoms in total. The quantitative estimate of drug-likeness (QED) is 0.756. The van der Waals surface area contributed by atoms with Gasteiger partial charge in [-0.3, -0.25) is 9.69 Å². The van der Waals surface area contributed by atoms with Crippen molar-refractivity contribution in [2.24, 2.45) is 0 Å². The average Bonchev–Trinajstić information content (AvgIpc) is 2.63. The molecule has 1 heterocycles. The molecule has 0 unspecified atom stereocenters. The highest BCUT2D eigenvalue weighted by Crippen LogP contribution is 2.04. The summed E-state index contributed by atoms with van der Waals surface area (Å²) < 4.78 is 2.02. The number of imidazole rings is 1. The molecule has 0 aliphatic rings. The molecule has 0 spiro atoms. The van der Waals surface area contributed by atoms with Crippen molar-refractivity contribution in [2.75, 3.05) is 13.1 Å². The first-order chi connectivity index (χ1) is 7.17. The van der Waals surface area contributed by atoms with Gasteiger partial charge in [0.15, 0.2) is 0 Å². The molecule has 1 N–H and O–H groups in total. The first kappa shape index (κ1) is 11.7. The van der Waals surface area contributed by atoms with Crippen LogP contribution in [0.15, 0.2) is 12.5 Å². The Labute approximate surface area is 89.3 Å². The van der Waals surface area contributed by atoms with Crippen molar-refractivity contribution < 1.29 is 9.90 Å². The van der Waals surface area contributed by atoms with E-state index in [1.54, 1.807) is 12.5 Å². The minimum atomic E-state index is -0.792. The zero-order valence-electron chi connectivity index (χ0n) is 9.18. The van der Waals surface area contributed by atoms with Crippen molar-refractivity contribution in [3.63, 3.8) is 0 Å². The second-order valence-corrected chi connectivity index (χ2v) is 3.37. The predicted octanol–water partition coefficient (Wildman–Crippen LogP) is 0.809. The average molecular weight is 211 g/mol. The molecular weight excluding hydrogens is 194 g/mol. The summed E-state index contributed by atoms with van der Waals surface area (Å²) in [5, 5.41) is 8.71. The Balaban J connectivity index is 2.62. The predicted molar refractivity (Wildman–Crippen MR) is 56.5 cm³/mol. The molecule has 0 bridgehead atoms. The van der Waals surface area contributed by atoms with Crippen molar-refractivity contribution in [3.8, 4) is 0 Å². The maximum atomic E-state index is 10.6. The van der Waals surface area contributed by atoms with Gasteiger partial charge in [0.1, 0.15) is 0 Å². The van der Waals surface area contributed by atoms with Crippen molar-refractivity contribution in [2.45, 2.75) is 26.9 Å². The number of hydrogen-bond acceptors (Lipinski definition) is 3. The van der Waals surface area contributed by atoms with Gasteiger partial charge in [-0.2, -0.15) is 0 Å². The van der Waals surface area contributed by atoms with Crippen LogP contribution in [0, 0.1) is 0 Å². The van der Waals surface area contributed by atoms with Gasteiger partial charge in [-0.05, 0) is 13.5 Å². The topological polar surface area (TPSA) is 58.4 Å². The number of carbonyl (C=O) groups is 1. The lowest BCUT2D eigenvalue weighted by molar-refractivity contribution is -0.138. The fourth-order valence-corrected chi connectivity index (χ4v) is 1.46. The Morgan fingerprint density at radius 3 is 2.87 bits per heavy atom. The van der Waals surface area contributed by atoms with Crippen molar-refractivity contribution in [1.29, 1.82) is 0 Å². The second kappa shape index (κ2) is 5.50. The highest BCUT2D eigenvalue weighted by molar-refractivity contribution is 5.69. The first-order valence-corrected chi connectivity index (χ1v) is 5.10. The number of nitrogens with zero attached hydrogens (tertiary/aromatic N) is 3. The SMILES string of the molecule is CCN(CC(=O)O)Cc1cncn1CC. The largest absolute Gasteiger partial charge is 0.480 e. The molecule has 0 aliphatic carbocycles. The van der Waals surface area contributed by atoms with E-state index in [0.717, 1.165) is 18.8 Å². The Hall–Kier alpha value is -1.36. The second-order valence-electron chi connectivity index (χ2n) is 3.37. The monoisotopic (exact) mass is 211 g/mol. The molecule has 0 atom stereocenters. The summed E-state index contributed by atoms with van der Waals surface area (Å²) in [7, 11) is 0. The summed E-state index contributed by atoms with van der Waals surface area (Å²) in [5.41, 5.74) is 1.06. The number of rotatable bonds is 6. The van der Waals surface area contributed by atoms with Gasteiger partial charge in [0.05, 0.1) is 18.6 Å². The van der Waals surface area contributed by atoms with E-state index in [0.29, 0.717) is 6.54 Å². The van der Waals surface area contributed by atoms with Gasteiger partial charge in [-0.1, -0.05) is 6.92 Å². The molecule has 0 saturated carbocycles. The molecule has 0 aromatic carbocycles. The number of carboxylic acid groups (broad SMARTS) is 1. The Bertz CT molecular complexity index is 322. The summed E-state index contributed by atoms with van der Waals surface area (Å²) in [5.74, 6) is -0.792. The Kier molecular flexibility index (Phi) is 4.30. The third-order valence-electron chi connectivity index (χ3n) is 2.33. The highest BCUT2D eigenvalue weighted by Gasteiger charge is 2.10. The van der Waals surface area contributed by atoms with E-state index in [4.69, 9.17) is 5.11 Å². The molecule has 84 valence electrons. The smallest absolute Gasteiger partial charge is 0.317 e. The minimum Gasteiger partial charge on any atom is -0.480 e. The lowest BCUT2D eigenvalue weighted by Crippen LogP contribution is -2.29. The van der Waals surface area contributed by atoms with E-state index in [2.05, 4.69) is 4.98 Å². The number of carboxylic acids is 1. The molecular formula is C10H17N3O2. The van der Waals surface area contributed by atoms with Crippen LogP contribution in [0.1, 0.15) is 19.5 Å². The molecule has 1 aromatic rings. The number of aromatic nitrogens is 2. The van der Waals surface area contributed by atoms with Crippen LogP contribution >= 0.6 is 0 Å². The highest BCUT2D eigenvalue weighted by atomic mass is 16.4. The third-order valence-corrected chi connectivity index (χ3v) is 2.33. The summed E-state index contributed by atoms with van der Waals surface area (Å²) in [4.78, 5) is 16.5. The molecule has 5 heteroatoms. The van der Waals surface area contributed by atoms with Crippen molar-refractivity contribution in [1.82, 2.24) is 14.5 Å². The van der Waals surface area contributed by atoms with E-state index in [1.807, 2.05) is 23.3 Å². The first-order valence-electron chi connectivity index (χ1n) is 5.10. The van der Waals surface area contributed by atoms with E-state index in [9.17, 15) is 4.79 Å². The summed E-state index contributed by atoms with van der Waals surface area (Å²) in [6.45, 7) is 6.29. The van der Waals surface area contributed by atoms with Gasteiger partial charge in [-0.25, -0.2) is 4.98 Å². The zero-order chi connectivity index (χ0) is 11.3. The standard InChI is InChI=1S/C10H17N3O2/c1-3-12(7-10(14)15)6-9-5-11-8-13(9)4-2/h5,8H,3-4,6-7H2,1-2H3,(H,14,15). The van der Waals surface area contributed by atoms with Crippen LogP contribution in [-0.2, 0) is 17.9 Å². The Morgan fingerprint density at radius 1 is 1.60 bits per heavy atom. The summed E-state index contributed by atoms with van der Waals surface area (Å²) in [6, 6.07) is 0. The molecule has 1 rings (SSSR count). The summed E-state index contributed by atoms with van der Waals surface area (Å²) in [6.07, 6.45) is 3.55. The van der Waals surface area contributed by atoms with E-state index < -0.39 is 5.97 Å². The van der Waals surface area contributed by atoms with Gasteiger partial charge in [-0.15, -0.1) is 0 Å². The molecule has 1 aromatic heterocycles. The number of likely N-dealkylation sites (N-methyl/N-ethyl adjacent to an activating group) is 1. The maximum absolute atomic E-state index is 10.6. The summed E-state index contributed by atoms with van der Waals surface area (Å²) >= 11 is 0. The Morgan fingerprint density at radius 2 is 2.33 bits per heavy atom. The van der Waals surface area contributed by atoms with Crippen molar-refractivity contribution >= 4 is 5.97 Å². The van der Waals surface area contributed by atoms with Crippen molar-refractivity contribution in [3.05, 3.63) is 18.2 Å². The third kappa shape index (κ3) is 3.36. The number of hydrogen-bond donors (Lipinski definition) is 1. The van der Waals surface area contributed by atoms with Crippen LogP contribution in [0.2, 0.25) is 0 Å². The van der Waals surface area contributed by atoms with Crippen LogP contribution in [0.25, 0.3) is 0 Å². The maximum Gasteiger partial charge on any atom is 0.317 e. The molecule has 0 fully saturated rings. The molecule has 0 amide bonds. The number of aliphatic carboxylic acids is 1. The van der Waals surface area contributed by atoms with Crippen LogP contribution in [0.5, 0.6) is 0 Å². The molecule has 0 saturated heterocycles. The van der Waals surface area contributed by atoms with E-state index in [-0.39, 0.29) is 6.54 Å². The van der Waals surface area contributed by atoms with Crippen LogP contribution in [0.3, 0.4) is 0 Å². The van der Waals surface area contributed by atoms with Crippen LogP contribution in [-0.4, -0.2) is 38.6 Å². The van der Waals surface area contributed by atoms with Gasteiger partial charge < -0.3 is 9.67 Å². The minimum absolute atomic E-state index is 0.0748.